The smallest absolute Gasteiger partial charge is 0.229 e. The fourth-order valence-corrected chi connectivity index (χ4v) is 6.39. The van der Waals surface area contributed by atoms with Crippen LogP contribution in [0.15, 0.2) is 4.99 Å². The molecule has 0 bridgehead atoms. The van der Waals surface area contributed by atoms with Crippen molar-refractivity contribution in [3.8, 4) is 0 Å². The molecule has 33 heavy (non-hydrogen) atoms. The van der Waals surface area contributed by atoms with Crippen LogP contribution in [0.2, 0.25) is 0 Å². The summed E-state index contributed by atoms with van der Waals surface area (Å²) in [5, 5.41) is 6.16. The van der Waals surface area contributed by atoms with E-state index in [0.29, 0.717) is 44.0 Å². The third-order valence-corrected chi connectivity index (χ3v) is 8.46. The van der Waals surface area contributed by atoms with Crippen LogP contribution in [-0.4, -0.2) is 53.2 Å². The van der Waals surface area contributed by atoms with Gasteiger partial charge in [-0.2, -0.15) is 0 Å². The van der Waals surface area contributed by atoms with Gasteiger partial charge in [-0.1, -0.05) is 0 Å². The predicted molar refractivity (Wildman–Crippen MR) is 128 cm³/mol. The number of nitrogens with one attached hydrogen (secondary N) is 4. The molecule has 1 saturated heterocycles. The highest BCUT2D eigenvalue weighted by Crippen LogP contribution is 2.32. The minimum Gasteiger partial charge on any atom is -0.353 e. The second kappa shape index (κ2) is 11.8. The van der Waals surface area contributed by atoms with E-state index in [0.717, 1.165) is 44.9 Å². The Balaban J connectivity index is 1.39. The molecule has 0 aromatic rings. The topological polar surface area (TPSA) is 77.5 Å². The second-order valence-electron chi connectivity index (χ2n) is 10.3. The van der Waals surface area contributed by atoms with Crippen LogP contribution in [-0.2, 0) is 4.79 Å². The lowest BCUT2D eigenvalue weighted by molar-refractivity contribution is -0.124. The zero-order chi connectivity index (χ0) is 23.4. The number of amides is 1. The molecule has 6 nitrogen and oxygen atoms in total. The monoisotopic (exact) mass is 507 g/mol. The zero-order valence-corrected chi connectivity index (χ0v) is 20.6. The van der Waals surface area contributed by atoms with E-state index in [1.807, 2.05) is 0 Å². The Hall–Kier alpha value is -0.700. The Morgan fingerprint density at radius 1 is 0.818 bits per heavy atom. The van der Waals surface area contributed by atoms with Gasteiger partial charge in [-0.15, -0.1) is 23.2 Å². The molecule has 1 amide bonds. The van der Waals surface area contributed by atoms with E-state index in [2.05, 4.69) is 21.5 Å². The molecule has 4 fully saturated rings. The normalized spacial score (nSPS) is 42.7. The van der Waals surface area contributed by atoms with Gasteiger partial charge in [-0.05, 0) is 76.5 Å². The third kappa shape index (κ3) is 7.39. The van der Waals surface area contributed by atoms with E-state index in [4.69, 9.17) is 28.2 Å². The number of carbonyl (C=O) groups is 1. The van der Waals surface area contributed by atoms with Crippen molar-refractivity contribution in [2.45, 2.75) is 118 Å². The fourth-order valence-electron chi connectivity index (χ4n) is 5.73. The lowest BCUT2D eigenvalue weighted by Gasteiger charge is -2.31. The van der Waals surface area contributed by atoms with Gasteiger partial charge in [0.1, 0.15) is 18.5 Å². The summed E-state index contributed by atoms with van der Waals surface area (Å²) in [6.07, 6.45) is 6.39. The summed E-state index contributed by atoms with van der Waals surface area (Å²) in [5.74, 6) is 0.641. The molecule has 0 aromatic carbocycles. The number of aliphatic imine (C=N–C) groups is 1. The molecule has 5 atom stereocenters. The molecule has 1 aliphatic heterocycles. The van der Waals surface area contributed by atoms with Gasteiger partial charge in [0.05, 0.1) is 0 Å². The van der Waals surface area contributed by atoms with Gasteiger partial charge in [-0.25, -0.2) is 19.2 Å². The van der Waals surface area contributed by atoms with E-state index in [1.165, 1.54) is 0 Å². The van der Waals surface area contributed by atoms with Crippen molar-refractivity contribution in [3.05, 3.63) is 0 Å². The molecule has 0 radical (unpaired) electrons. The molecule has 188 valence electrons. The van der Waals surface area contributed by atoms with E-state index in [9.17, 15) is 13.6 Å². The summed E-state index contributed by atoms with van der Waals surface area (Å²) in [4.78, 5) is 17.7. The maximum absolute atomic E-state index is 14.1. The maximum atomic E-state index is 14.1. The van der Waals surface area contributed by atoms with Crippen molar-refractivity contribution in [1.82, 2.24) is 21.5 Å². The van der Waals surface area contributed by atoms with Gasteiger partial charge in [0.2, 0.25) is 5.91 Å². The molecule has 4 N–H and O–H groups in total. The summed E-state index contributed by atoms with van der Waals surface area (Å²) in [6.45, 7) is 0. The summed E-state index contributed by atoms with van der Waals surface area (Å²) >= 11 is 12.4. The number of hydrogen-bond donors (Lipinski definition) is 4. The number of guanidine groups is 1. The summed E-state index contributed by atoms with van der Waals surface area (Å²) < 4.78 is 27.6. The summed E-state index contributed by atoms with van der Waals surface area (Å²) in [6, 6.07) is 0.0400. The van der Waals surface area contributed by atoms with Crippen LogP contribution in [0.5, 0.6) is 0 Å². The van der Waals surface area contributed by atoms with Crippen LogP contribution >= 0.6 is 23.2 Å². The number of rotatable bonds is 4. The second-order valence-corrected chi connectivity index (χ2v) is 11.6. The Morgan fingerprint density at radius 3 is 2.24 bits per heavy atom. The van der Waals surface area contributed by atoms with E-state index < -0.39 is 12.3 Å². The number of nitrogens with zero attached hydrogens (tertiary/aromatic N) is 1. The highest BCUT2D eigenvalue weighted by molar-refractivity contribution is 6.21. The molecule has 10 heteroatoms. The minimum atomic E-state index is -0.962. The average molecular weight is 508 g/mol. The first-order valence-electron chi connectivity index (χ1n) is 12.6. The maximum Gasteiger partial charge on any atom is 0.229 e. The molecule has 0 spiro atoms. The van der Waals surface area contributed by atoms with Crippen LogP contribution in [0, 0.1) is 11.8 Å². The van der Waals surface area contributed by atoms with Crippen LogP contribution in [0.25, 0.3) is 0 Å². The van der Waals surface area contributed by atoms with Crippen molar-refractivity contribution >= 4 is 35.1 Å². The van der Waals surface area contributed by atoms with Gasteiger partial charge in [0.25, 0.3) is 0 Å². The summed E-state index contributed by atoms with van der Waals surface area (Å²) in [5.41, 5.74) is 6.54. The van der Waals surface area contributed by atoms with Gasteiger partial charge in [0, 0.05) is 35.2 Å². The molecule has 4 aliphatic rings. The average Bonchev–Trinajstić information content (AvgIpc) is 3.22. The largest absolute Gasteiger partial charge is 0.353 e. The third-order valence-electron chi connectivity index (χ3n) is 7.67. The molecule has 4 rings (SSSR count). The number of halogens is 4. The lowest BCUT2D eigenvalue weighted by atomic mass is 9.82. The van der Waals surface area contributed by atoms with Gasteiger partial charge < -0.3 is 5.32 Å². The molecule has 1 heterocycles. The van der Waals surface area contributed by atoms with E-state index in [1.54, 1.807) is 0 Å². The first kappa shape index (κ1) is 25.4. The fraction of sp³-hybridized carbons (Fsp3) is 0.913. The van der Waals surface area contributed by atoms with Crippen molar-refractivity contribution in [3.63, 3.8) is 0 Å². The van der Waals surface area contributed by atoms with Gasteiger partial charge in [0.15, 0.2) is 5.96 Å². The Kier molecular flexibility index (Phi) is 9.10. The van der Waals surface area contributed by atoms with Gasteiger partial charge in [-0.3, -0.25) is 15.5 Å². The highest BCUT2D eigenvalue weighted by atomic mass is 35.5. The molecular weight excluding hydrogens is 471 g/mol. The number of hydrogen-bond acceptors (Lipinski definition) is 4. The van der Waals surface area contributed by atoms with Crippen LogP contribution < -0.4 is 21.5 Å². The molecular formula is C23H37Cl2F2N5O. The van der Waals surface area contributed by atoms with Crippen LogP contribution in [0.3, 0.4) is 0 Å². The Labute approximate surface area is 205 Å². The molecule has 3 saturated carbocycles. The molecule has 5 unspecified atom stereocenters. The lowest BCUT2D eigenvalue weighted by Crippen LogP contribution is -2.51. The number of carbonyl (C=O) groups excluding carboxylic acids is 1. The molecule has 3 aliphatic carbocycles. The zero-order valence-electron chi connectivity index (χ0n) is 19.0. The van der Waals surface area contributed by atoms with Crippen molar-refractivity contribution in [2.75, 3.05) is 0 Å². The quantitative estimate of drug-likeness (QED) is 0.263. The Bertz CT molecular complexity index is 676. The van der Waals surface area contributed by atoms with Gasteiger partial charge >= 0.3 is 0 Å². The first-order valence-corrected chi connectivity index (χ1v) is 13.5. The van der Waals surface area contributed by atoms with Crippen LogP contribution in [0.4, 0.5) is 8.78 Å². The highest BCUT2D eigenvalue weighted by Gasteiger charge is 2.34. The first-order chi connectivity index (χ1) is 15.9. The van der Waals surface area contributed by atoms with E-state index in [-0.39, 0.29) is 40.8 Å². The van der Waals surface area contributed by atoms with Crippen molar-refractivity contribution in [1.29, 1.82) is 0 Å². The predicted octanol–water partition coefficient (Wildman–Crippen LogP) is 4.06. The number of alkyl halides is 4. The summed E-state index contributed by atoms with van der Waals surface area (Å²) in [7, 11) is 0. The van der Waals surface area contributed by atoms with E-state index >= 15 is 0 Å². The molecule has 0 aromatic heterocycles. The Morgan fingerprint density at radius 2 is 1.55 bits per heavy atom. The number of hydrazine groups is 1. The van der Waals surface area contributed by atoms with Crippen molar-refractivity contribution in [2.24, 2.45) is 16.8 Å². The minimum absolute atomic E-state index is 0.0661. The van der Waals surface area contributed by atoms with Crippen molar-refractivity contribution < 1.29 is 13.6 Å². The SMILES string of the molecule is O=C(N/C(=N/C1CC(C2CCC(F)CC2)NN1)NC1CC(F)CC(Cl)C1)C1CCC(Cl)CC1. The standard InChI is InChI=1S/C23H37Cl2F2N5O/c24-15-5-1-14(2-6-15)22(33)30-23(28-19-10-16(25)9-18(27)11-19)29-21-12-20(31-32-21)13-3-7-17(26)8-4-13/h13-21,31-32H,1-12H2,(H2,28,29,30,33). The van der Waals surface area contributed by atoms with Crippen LogP contribution in [0.1, 0.15) is 77.0 Å².